The quantitative estimate of drug-likeness (QED) is 0.574. The second-order valence-corrected chi connectivity index (χ2v) is 5.86. The summed E-state index contributed by atoms with van der Waals surface area (Å²) in [5, 5.41) is 2.62. The predicted molar refractivity (Wildman–Crippen MR) is 96.2 cm³/mol. The standard InChI is InChI=1S/C20H12FN3O3/c21-17-10-12(8-9-22-17)18(25)23-13-4-3-5-14(11-13)24-19(26)15-6-1-2-7-16(15)20(24)27/h1-11H,(H,23,25). The summed E-state index contributed by atoms with van der Waals surface area (Å²) in [5.74, 6) is -2.14. The van der Waals surface area contributed by atoms with Gasteiger partial charge in [-0.25, -0.2) is 9.88 Å². The number of halogens is 1. The number of nitrogens with one attached hydrogen (secondary N) is 1. The average Bonchev–Trinajstić information content (AvgIpc) is 2.93. The Kier molecular flexibility index (Phi) is 3.97. The number of fused-ring (bicyclic) bond motifs is 1. The number of carbonyl (C=O) groups is 3. The number of carbonyl (C=O) groups excluding carboxylic acids is 3. The summed E-state index contributed by atoms with van der Waals surface area (Å²) in [6.07, 6.45) is 1.19. The maximum atomic E-state index is 13.2. The molecule has 1 aliphatic heterocycles. The summed E-state index contributed by atoms with van der Waals surface area (Å²) in [5.41, 5.74) is 1.48. The van der Waals surface area contributed by atoms with Gasteiger partial charge in [-0.05, 0) is 36.4 Å². The fourth-order valence-electron chi connectivity index (χ4n) is 2.89. The molecule has 3 amide bonds. The Labute approximate surface area is 153 Å². The number of nitrogens with zero attached hydrogens (tertiary/aromatic N) is 2. The maximum absolute atomic E-state index is 13.2. The molecule has 2 heterocycles. The Morgan fingerprint density at radius 2 is 1.63 bits per heavy atom. The van der Waals surface area contributed by atoms with Gasteiger partial charge in [0, 0.05) is 23.5 Å². The number of amides is 3. The fourth-order valence-corrected chi connectivity index (χ4v) is 2.89. The van der Waals surface area contributed by atoms with E-state index in [4.69, 9.17) is 0 Å². The lowest BCUT2D eigenvalue weighted by molar-refractivity contribution is 0.0925. The molecular weight excluding hydrogens is 349 g/mol. The van der Waals surface area contributed by atoms with Crippen molar-refractivity contribution in [2.75, 3.05) is 10.2 Å². The van der Waals surface area contributed by atoms with Gasteiger partial charge in [0.2, 0.25) is 5.95 Å². The van der Waals surface area contributed by atoms with Crippen LogP contribution in [-0.4, -0.2) is 22.7 Å². The van der Waals surface area contributed by atoms with E-state index in [1.54, 1.807) is 42.5 Å². The maximum Gasteiger partial charge on any atom is 0.266 e. The van der Waals surface area contributed by atoms with Crippen molar-refractivity contribution in [3.05, 3.63) is 89.5 Å². The van der Waals surface area contributed by atoms with Crippen LogP contribution in [0.4, 0.5) is 15.8 Å². The molecule has 0 unspecified atom stereocenters. The largest absolute Gasteiger partial charge is 0.322 e. The number of aromatic nitrogens is 1. The summed E-state index contributed by atoms with van der Waals surface area (Å²) in [4.78, 5) is 41.9. The molecule has 0 bridgehead atoms. The number of benzene rings is 2. The Hall–Kier alpha value is -3.87. The lowest BCUT2D eigenvalue weighted by atomic mass is 10.1. The Morgan fingerprint density at radius 1 is 0.926 bits per heavy atom. The molecule has 0 atom stereocenters. The summed E-state index contributed by atoms with van der Waals surface area (Å²) in [7, 11) is 0. The van der Waals surface area contributed by atoms with Gasteiger partial charge in [-0.2, -0.15) is 4.39 Å². The molecule has 1 aromatic heterocycles. The minimum atomic E-state index is -0.762. The molecular formula is C20H12FN3O3. The van der Waals surface area contributed by atoms with E-state index in [1.165, 1.54) is 18.3 Å². The van der Waals surface area contributed by atoms with Gasteiger partial charge >= 0.3 is 0 Å². The third kappa shape index (κ3) is 2.95. The molecule has 1 aliphatic rings. The van der Waals surface area contributed by atoms with Crippen molar-refractivity contribution in [1.29, 1.82) is 0 Å². The summed E-state index contributed by atoms with van der Waals surface area (Å²) >= 11 is 0. The molecule has 27 heavy (non-hydrogen) atoms. The van der Waals surface area contributed by atoms with Crippen molar-refractivity contribution in [2.24, 2.45) is 0 Å². The van der Waals surface area contributed by atoms with Gasteiger partial charge in [0.25, 0.3) is 17.7 Å². The van der Waals surface area contributed by atoms with Crippen LogP contribution in [0.3, 0.4) is 0 Å². The first-order chi connectivity index (χ1) is 13.0. The zero-order valence-electron chi connectivity index (χ0n) is 13.8. The molecule has 0 saturated carbocycles. The smallest absolute Gasteiger partial charge is 0.266 e. The molecule has 3 aromatic rings. The van der Waals surface area contributed by atoms with Gasteiger partial charge in [-0.1, -0.05) is 18.2 Å². The fraction of sp³-hybridized carbons (Fsp3) is 0. The van der Waals surface area contributed by atoms with Crippen molar-refractivity contribution in [1.82, 2.24) is 4.98 Å². The minimum absolute atomic E-state index is 0.105. The lowest BCUT2D eigenvalue weighted by Gasteiger charge is -2.15. The summed E-state index contributed by atoms with van der Waals surface area (Å²) in [6.45, 7) is 0. The Bertz CT molecular complexity index is 1060. The molecule has 6 nitrogen and oxygen atoms in total. The van der Waals surface area contributed by atoms with Crippen LogP contribution in [0, 0.1) is 5.95 Å². The summed E-state index contributed by atoms with van der Waals surface area (Å²) < 4.78 is 13.2. The van der Waals surface area contributed by atoms with E-state index in [9.17, 15) is 18.8 Å². The SMILES string of the molecule is O=C(Nc1cccc(N2C(=O)c3ccccc3C2=O)c1)c1ccnc(F)c1. The van der Waals surface area contributed by atoms with Gasteiger partial charge in [0.15, 0.2) is 0 Å². The molecule has 132 valence electrons. The number of pyridine rings is 1. The predicted octanol–water partition coefficient (Wildman–Crippen LogP) is 3.27. The lowest BCUT2D eigenvalue weighted by Crippen LogP contribution is -2.29. The van der Waals surface area contributed by atoms with Crippen LogP contribution >= 0.6 is 0 Å². The second kappa shape index (κ2) is 6.45. The molecule has 4 rings (SSSR count). The average molecular weight is 361 g/mol. The topological polar surface area (TPSA) is 79.4 Å². The molecule has 0 aliphatic carbocycles. The van der Waals surface area contributed by atoms with E-state index in [2.05, 4.69) is 10.3 Å². The second-order valence-electron chi connectivity index (χ2n) is 5.86. The number of imide groups is 1. The molecule has 0 saturated heterocycles. The number of anilines is 2. The first-order valence-corrected chi connectivity index (χ1v) is 8.05. The monoisotopic (exact) mass is 361 g/mol. The van der Waals surface area contributed by atoms with Crippen LogP contribution in [-0.2, 0) is 0 Å². The third-order valence-corrected chi connectivity index (χ3v) is 4.15. The van der Waals surface area contributed by atoms with Gasteiger partial charge in [-0.3, -0.25) is 14.4 Å². The van der Waals surface area contributed by atoms with Crippen molar-refractivity contribution >= 4 is 29.1 Å². The highest BCUT2D eigenvalue weighted by atomic mass is 19.1. The molecule has 1 N–H and O–H groups in total. The van der Waals surface area contributed by atoms with Crippen LogP contribution in [0.25, 0.3) is 0 Å². The van der Waals surface area contributed by atoms with Crippen LogP contribution in [0.5, 0.6) is 0 Å². The van der Waals surface area contributed by atoms with Crippen molar-refractivity contribution < 1.29 is 18.8 Å². The number of hydrogen-bond acceptors (Lipinski definition) is 4. The molecule has 0 radical (unpaired) electrons. The van der Waals surface area contributed by atoms with E-state index in [0.717, 1.165) is 11.0 Å². The molecule has 0 spiro atoms. The van der Waals surface area contributed by atoms with Crippen LogP contribution in [0.1, 0.15) is 31.1 Å². The highest BCUT2D eigenvalue weighted by Gasteiger charge is 2.36. The third-order valence-electron chi connectivity index (χ3n) is 4.15. The van der Waals surface area contributed by atoms with Crippen molar-refractivity contribution in [3.8, 4) is 0 Å². The molecule has 7 heteroatoms. The highest BCUT2D eigenvalue weighted by Crippen LogP contribution is 2.29. The van der Waals surface area contributed by atoms with Gasteiger partial charge in [0.05, 0.1) is 16.8 Å². The zero-order chi connectivity index (χ0) is 19.0. The van der Waals surface area contributed by atoms with Crippen LogP contribution in [0.2, 0.25) is 0 Å². The zero-order valence-corrected chi connectivity index (χ0v) is 13.8. The summed E-state index contributed by atoms with van der Waals surface area (Å²) in [6, 6.07) is 15.3. The van der Waals surface area contributed by atoms with Crippen LogP contribution in [0.15, 0.2) is 66.9 Å². The van der Waals surface area contributed by atoms with Crippen LogP contribution < -0.4 is 10.2 Å². The van der Waals surface area contributed by atoms with E-state index in [-0.39, 0.29) is 5.56 Å². The number of rotatable bonds is 3. The molecule has 2 aromatic carbocycles. The van der Waals surface area contributed by atoms with Crippen molar-refractivity contribution in [2.45, 2.75) is 0 Å². The van der Waals surface area contributed by atoms with Gasteiger partial charge in [0.1, 0.15) is 0 Å². The molecule has 0 fully saturated rings. The Morgan fingerprint density at radius 3 is 2.30 bits per heavy atom. The van der Waals surface area contributed by atoms with E-state index in [1.807, 2.05) is 0 Å². The normalized spacial score (nSPS) is 12.9. The van der Waals surface area contributed by atoms with Gasteiger partial charge in [-0.15, -0.1) is 0 Å². The van der Waals surface area contributed by atoms with E-state index in [0.29, 0.717) is 22.5 Å². The Balaban J connectivity index is 1.61. The first kappa shape index (κ1) is 16.6. The van der Waals surface area contributed by atoms with Crippen molar-refractivity contribution in [3.63, 3.8) is 0 Å². The van der Waals surface area contributed by atoms with Gasteiger partial charge < -0.3 is 5.32 Å². The van der Waals surface area contributed by atoms with E-state index < -0.39 is 23.7 Å². The highest BCUT2D eigenvalue weighted by molar-refractivity contribution is 6.34. The minimum Gasteiger partial charge on any atom is -0.322 e. The number of hydrogen-bond donors (Lipinski definition) is 1. The first-order valence-electron chi connectivity index (χ1n) is 8.05. The van der Waals surface area contributed by atoms with E-state index >= 15 is 0 Å².